The molecule has 1 aromatic carbocycles. The van der Waals surface area contributed by atoms with Gasteiger partial charge in [0.1, 0.15) is 5.82 Å². The second kappa shape index (κ2) is 10.0. The van der Waals surface area contributed by atoms with Crippen molar-refractivity contribution in [3.8, 4) is 0 Å². The van der Waals surface area contributed by atoms with Crippen molar-refractivity contribution in [3.05, 3.63) is 57.3 Å². The number of carbonyl (C=O) groups excluding carboxylic acids is 1. The third kappa shape index (κ3) is 5.90. The smallest absolute Gasteiger partial charge is 0.256 e. The number of amides is 1. The average Bonchev–Trinajstić information content (AvgIpc) is 2.72. The van der Waals surface area contributed by atoms with Gasteiger partial charge in [0.15, 0.2) is 5.16 Å². The molecule has 1 aromatic heterocycles. The Morgan fingerprint density at radius 3 is 2.83 bits per heavy atom. The molecular formula is C21H27FN4O2S. The highest BCUT2D eigenvalue weighted by Gasteiger charge is 2.22. The fraction of sp³-hybridized carbons (Fsp3) is 0.476. The van der Waals surface area contributed by atoms with Gasteiger partial charge in [-0.3, -0.25) is 14.5 Å². The summed E-state index contributed by atoms with van der Waals surface area (Å²) in [5.41, 5.74) is 2.35. The Labute approximate surface area is 174 Å². The van der Waals surface area contributed by atoms with E-state index < -0.39 is 0 Å². The van der Waals surface area contributed by atoms with Gasteiger partial charge in [0.2, 0.25) is 5.91 Å². The number of aromatic nitrogens is 2. The topological polar surface area (TPSA) is 69.3 Å². The molecule has 1 aliphatic rings. The number of carbonyl (C=O) groups is 1. The number of thioether (sulfide) groups is 1. The second-order valence-corrected chi connectivity index (χ2v) is 8.31. The van der Waals surface area contributed by atoms with Crippen molar-refractivity contribution in [2.24, 2.45) is 0 Å². The predicted molar refractivity (Wildman–Crippen MR) is 112 cm³/mol. The number of aromatic amines is 1. The SMILES string of the molecule is CCCCN(C)C(=O)CSc1nc2c(c(=O)[nH]1)CN(Cc1ccc(F)cc1)CC2. The first-order valence-electron chi connectivity index (χ1n) is 9.92. The highest BCUT2D eigenvalue weighted by molar-refractivity contribution is 7.99. The molecule has 29 heavy (non-hydrogen) atoms. The van der Waals surface area contributed by atoms with Crippen molar-refractivity contribution in [1.29, 1.82) is 0 Å². The Hall–Kier alpha value is -2.19. The summed E-state index contributed by atoms with van der Waals surface area (Å²) in [6.07, 6.45) is 2.70. The summed E-state index contributed by atoms with van der Waals surface area (Å²) in [4.78, 5) is 36.0. The zero-order chi connectivity index (χ0) is 20.8. The van der Waals surface area contributed by atoms with Crippen LogP contribution in [0.2, 0.25) is 0 Å². The Bertz CT molecular complexity index is 901. The van der Waals surface area contributed by atoms with Crippen molar-refractivity contribution in [2.75, 3.05) is 25.9 Å². The molecule has 3 rings (SSSR count). The van der Waals surface area contributed by atoms with Gasteiger partial charge in [-0.1, -0.05) is 37.2 Å². The predicted octanol–water partition coefficient (Wildman–Crippen LogP) is 2.82. The van der Waals surface area contributed by atoms with Gasteiger partial charge in [-0.2, -0.15) is 0 Å². The number of nitrogens with one attached hydrogen (secondary N) is 1. The summed E-state index contributed by atoms with van der Waals surface area (Å²) in [6.45, 7) is 4.79. The molecule has 1 N–H and O–H groups in total. The minimum absolute atomic E-state index is 0.0364. The molecule has 0 saturated heterocycles. The van der Waals surface area contributed by atoms with Crippen molar-refractivity contribution < 1.29 is 9.18 Å². The molecule has 0 saturated carbocycles. The van der Waals surface area contributed by atoms with E-state index in [1.807, 2.05) is 0 Å². The number of unbranched alkanes of at least 4 members (excludes halogenated alkanes) is 1. The number of benzene rings is 1. The molecule has 0 bridgehead atoms. The zero-order valence-corrected chi connectivity index (χ0v) is 17.7. The Kier molecular flexibility index (Phi) is 7.44. The molecule has 156 valence electrons. The second-order valence-electron chi connectivity index (χ2n) is 7.34. The third-order valence-corrected chi connectivity index (χ3v) is 5.91. The molecule has 2 heterocycles. The number of nitrogens with zero attached hydrogens (tertiary/aromatic N) is 3. The van der Waals surface area contributed by atoms with E-state index in [1.54, 1.807) is 24.1 Å². The summed E-state index contributed by atoms with van der Waals surface area (Å²) in [5, 5.41) is 0.498. The number of hydrogen-bond acceptors (Lipinski definition) is 5. The van der Waals surface area contributed by atoms with E-state index in [2.05, 4.69) is 21.8 Å². The molecule has 0 unspecified atom stereocenters. The van der Waals surface area contributed by atoms with Crippen LogP contribution in [0.4, 0.5) is 4.39 Å². The van der Waals surface area contributed by atoms with Crippen molar-refractivity contribution in [2.45, 2.75) is 44.4 Å². The lowest BCUT2D eigenvalue weighted by atomic mass is 10.1. The number of hydrogen-bond donors (Lipinski definition) is 1. The van der Waals surface area contributed by atoms with Crippen LogP contribution in [0.5, 0.6) is 0 Å². The van der Waals surface area contributed by atoms with Gasteiger partial charge in [-0.25, -0.2) is 9.37 Å². The molecule has 1 aliphatic heterocycles. The van der Waals surface area contributed by atoms with Crippen LogP contribution in [-0.2, 0) is 24.3 Å². The summed E-state index contributed by atoms with van der Waals surface area (Å²) in [5.74, 6) is 0.0475. The lowest BCUT2D eigenvalue weighted by Gasteiger charge is -2.27. The maximum absolute atomic E-state index is 13.1. The van der Waals surface area contributed by atoms with Gasteiger partial charge in [0.25, 0.3) is 5.56 Å². The molecule has 0 spiro atoms. The lowest BCUT2D eigenvalue weighted by molar-refractivity contribution is -0.127. The molecule has 0 radical (unpaired) electrons. The fourth-order valence-corrected chi connectivity index (χ4v) is 4.09. The molecule has 0 atom stereocenters. The number of H-pyrrole nitrogens is 1. The van der Waals surface area contributed by atoms with E-state index in [4.69, 9.17) is 0 Å². The maximum atomic E-state index is 13.1. The van der Waals surface area contributed by atoms with Gasteiger partial charge < -0.3 is 9.88 Å². The fourth-order valence-electron chi connectivity index (χ4n) is 3.27. The van der Waals surface area contributed by atoms with Crippen LogP contribution in [0.25, 0.3) is 0 Å². The average molecular weight is 419 g/mol. The van der Waals surface area contributed by atoms with Crippen LogP contribution in [0.3, 0.4) is 0 Å². The molecule has 0 aliphatic carbocycles. The summed E-state index contributed by atoms with van der Waals surface area (Å²) >= 11 is 1.28. The lowest BCUT2D eigenvalue weighted by Crippen LogP contribution is -2.35. The highest BCUT2D eigenvalue weighted by atomic mass is 32.2. The monoisotopic (exact) mass is 418 g/mol. The van der Waals surface area contributed by atoms with Crippen LogP contribution in [0.15, 0.2) is 34.2 Å². The maximum Gasteiger partial charge on any atom is 0.256 e. The van der Waals surface area contributed by atoms with Crippen LogP contribution < -0.4 is 5.56 Å². The minimum Gasteiger partial charge on any atom is -0.345 e. The van der Waals surface area contributed by atoms with Crippen LogP contribution >= 0.6 is 11.8 Å². The quantitative estimate of drug-likeness (QED) is 0.527. The Morgan fingerprint density at radius 2 is 2.10 bits per heavy atom. The normalized spacial score (nSPS) is 13.9. The number of halogens is 1. The first-order chi connectivity index (χ1) is 14.0. The van der Waals surface area contributed by atoms with Crippen molar-refractivity contribution in [1.82, 2.24) is 19.8 Å². The van der Waals surface area contributed by atoms with E-state index in [0.717, 1.165) is 37.2 Å². The molecule has 6 nitrogen and oxygen atoms in total. The van der Waals surface area contributed by atoms with Crippen LogP contribution in [-0.4, -0.2) is 51.6 Å². The van der Waals surface area contributed by atoms with Gasteiger partial charge >= 0.3 is 0 Å². The molecule has 2 aromatic rings. The summed E-state index contributed by atoms with van der Waals surface area (Å²) < 4.78 is 13.1. The molecular weight excluding hydrogens is 391 g/mol. The number of fused-ring (bicyclic) bond motifs is 1. The first-order valence-corrected chi connectivity index (χ1v) is 10.9. The standard InChI is InChI=1S/C21H27FN4O2S/c1-3-4-10-25(2)19(27)14-29-21-23-18-9-11-26(13-17(18)20(28)24-21)12-15-5-7-16(22)8-6-15/h5-8H,3-4,9-14H2,1-2H3,(H,23,24,28). The van der Waals surface area contributed by atoms with E-state index in [-0.39, 0.29) is 23.0 Å². The Balaban J connectivity index is 1.60. The summed E-state index contributed by atoms with van der Waals surface area (Å²) in [6, 6.07) is 6.43. The van der Waals surface area contributed by atoms with Crippen molar-refractivity contribution >= 4 is 17.7 Å². The minimum atomic E-state index is -0.251. The third-order valence-electron chi connectivity index (χ3n) is 5.05. The van der Waals surface area contributed by atoms with Gasteiger partial charge in [0.05, 0.1) is 17.0 Å². The molecule has 8 heteroatoms. The number of rotatable bonds is 8. The van der Waals surface area contributed by atoms with E-state index in [0.29, 0.717) is 30.2 Å². The van der Waals surface area contributed by atoms with Crippen molar-refractivity contribution in [3.63, 3.8) is 0 Å². The van der Waals surface area contributed by atoms with Gasteiger partial charge in [-0.15, -0.1) is 0 Å². The van der Waals surface area contributed by atoms with Crippen LogP contribution in [0.1, 0.15) is 36.6 Å². The van der Waals surface area contributed by atoms with E-state index in [9.17, 15) is 14.0 Å². The van der Waals surface area contributed by atoms with Crippen LogP contribution in [0, 0.1) is 5.82 Å². The zero-order valence-electron chi connectivity index (χ0n) is 16.9. The summed E-state index contributed by atoms with van der Waals surface area (Å²) in [7, 11) is 1.80. The first kappa shape index (κ1) is 21.5. The molecule has 1 amide bonds. The van der Waals surface area contributed by atoms with E-state index >= 15 is 0 Å². The highest BCUT2D eigenvalue weighted by Crippen LogP contribution is 2.20. The Morgan fingerprint density at radius 1 is 1.34 bits per heavy atom. The van der Waals surface area contributed by atoms with Gasteiger partial charge in [0, 0.05) is 39.6 Å². The largest absolute Gasteiger partial charge is 0.345 e. The van der Waals surface area contributed by atoms with Gasteiger partial charge in [-0.05, 0) is 24.1 Å². The molecule has 0 fully saturated rings. The van der Waals surface area contributed by atoms with E-state index in [1.165, 1.54) is 23.9 Å².